The van der Waals surface area contributed by atoms with Crippen molar-refractivity contribution in [2.45, 2.75) is 25.4 Å². The zero-order valence-corrected chi connectivity index (χ0v) is 19.1. The summed E-state index contributed by atoms with van der Waals surface area (Å²) in [5.41, 5.74) is 1.60. The highest BCUT2D eigenvalue weighted by molar-refractivity contribution is 7.14. The number of benzene rings is 2. The Morgan fingerprint density at radius 3 is 2.53 bits per heavy atom. The number of aromatic nitrogens is 1. The monoisotopic (exact) mass is 484 g/mol. The molecule has 0 aliphatic carbocycles. The first kappa shape index (κ1) is 23.8. The molecular formula is C26H23F3N2O2S. The van der Waals surface area contributed by atoms with Gasteiger partial charge in [0, 0.05) is 30.1 Å². The highest BCUT2D eigenvalue weighted by Gasteiger charge is 2.29. The molecule has 4 rings (SSSR count). The minimum Gasteiger partial charge on any atom is -0.423 e. The van der Waals surface area contributed by atoms with Gasteiger partial charge >= 0.3 is 12.1 Å². The molecule has 1 fully saturated rings. The van der Waals surface area contributed by atoms with Crippen molar-refractivity contribution in [2.75, 3.05) is 18.0 Å². The van der Waals surface area contributed by atoms with E-state index in [1.54, 1.807) is 35.6 Å². The number of hydrogen-bond donors (Lipinski definition) is 0. The van der Waals surface area contributed by atoms with E-state index in [2.05, 4.69) is 4.90 Å². The van der Waals surface area contributed by atoms with E-state index in [9.17, 15) is 18.0 Å². The van der Waals surface area contributed by atoms with Gasteiger partial charge in [0.25, 0.3) is 0 Å². The van der Waals surface area contributed by atoms with Gasteiger partial charge < -0.3 is 9.64 Å². The Morgan fingerprint density at radius 2 is 1.79 bits per heavy atom. The number of anilines is 1. The van der Waals surface area contributed by atoms with Crippen LogP contribution in [0, 0.1) is 0 Å². The number of esters is 1. The summed E-state index contributed by atoms with van der Waals surface area (Å²) < 4.78 is 43.2. The summed E-state index contributed by atoms with van der Waals surface area (Å²) in [6.45, 7) is 2.06. The van der Waals surface area contributed by atoms with Crippen LogP contribution in [0.5, 0.6) is 5.75 Å². The molecule has 2 heterocycles. The number of allylic oxidation sites excluding steroid dienone is 2. The first-order valence-corrected chi connectivity index (χ1v) is 11.8. The van der Waals surface area contributed by atoms with E-state index in [1.165, 1.54) is 43.5 Å². The van der Waals surface area contributed by atoms with Crippen molar-refractivity contribution in [3.63, 3.8) is 0 Å². The van der Waals surface area contributed by atoms with Gasteiger partial charge in [-0.15, -0.1) is 11.3 Å². The van der Waals surface area contributed by atoms with Crippen LogP contribution in [0.1, 0.15) is 30.4 Å². The van der Waals surface area contributed by atoms with Crippen molar-refractivity contribution in [3.8, 4) is 17.0 Å². The highest BCUT2D eigenvalue weighted by atomic mass is 32.1. The summed E-state index contributed by atoms with van der Waals surface area (Å²) in [6, 6.07) is 12.0. The number of hydrogen-bond acceptors (Lipinski definition) is 5. The molecule has 1 aliphatic rings. The third-order valence-electron chi connectivity index (χ3n) is 5.34. The number of rotatable bonds is 6. The van der Waals surface area contributed by atoms with Gasteiger partial charge in [0.2, 0.25) is 0 Å². The average molecular weight is 485 g/mol. The average Bonchev–Trinajstić information content (AvgIpc) is 3.33. The normalized spacial score (nSPS) is 14.7. The molecule has 1 aromatic heterocycles. The third-order valence-corrected chi connectivity index (χ3v) is 6.24. The second-order valence-electron chi connectivity index (χ2n) is 7.85. The second-order valence-corrected chi connectivity index (χ2v) is 8.69. The van der Waals surface area contributed by atoms with Gasteiger partial charge in [-0.1, -0.05) is 42.5 Å². The van der Waals surface area contributed by atoms with Crippen molar-refractivity contribution in [1.29, 1.82) is 0 Å². The number of carbonyl (C=O) groups is 1. The minimum absolute atomic E-state index is 0.409. The second kappa shape index (κ2) is 10.7. The van der Waals surface area contributed by atoms with Crippen LogP contribution in [0.15, 0.2) is 72.1 Å². The Bertz CT molecular complexity index is 1180. The van der Waals surface area contributed by atoms with Crippen molar-refractivity contribution < 1.29 is 22.7 Å². The molecule has 0 atom stereocenters. The zero-order valence-electron chi connectivity index (χ0n) is 18.3. The summed E-state index contributed by atoms with van der Waals surface area (Å²) >= 11 is 1.62. The fourth-order valence-electron chi connectivity index (χ4n) is 3.58. The lowest BCUT2D eigenvalue weighted by atomic mass is 10.1. The lowest BCUT2D eigenvalue weighted by molar-refractivity contribution is -0.137. The third kappa shape index (κ3) is 6.35. The zero-order chi connectivity index (χ0) is 24.0. The lowest BCUT2D eigenvalue weighted by Crippen LogP contribution is -2.29. The van der Waals surface area contributed by atoms with E-state index < -0.39 is 17.7 Å². The maximum Gasteiger partial charge on any atom is 0.416 e. The fraction of sp³-hybridized carbons (Fsp3) is 0.231. The van der Waals surface area contributed by atoms with Crippen LogP contribution < -0.4 is 9.64 Å². The summed E-state index contributed by atoms with van der Waals surface area (Å²) in [4.78, 5) is 19.2. The minimum atomic E-state index is -4.36. The summed E-state index contributed by atoms with van der Waals surface area (Å²) in [7, 11) is 0. The van der Waals surface area contributed by atoms with Crippen LogP contribution in [0.25, 0.3) is 17.3 Å². The van der Waals surface area contributed by atoms with Crippen molar-refractivity contribution >= 4 is 28.5 Å². The molecular weight excluding hydrogens is 461 g/mol. The summed E-state index contributed by atoms with van der Waals surface area (Å²) in [6.07, 6.45) is 5.19. The van der Waals surface area contributed by atoms with E-state index >= 15 is 0 Å². The molecule has 1 saturated heterocycles. The molecule has 1 aliphatic heterocycles. The Morgan fingerprint density at radius 1 is 1.03 bits per heavy atom. The predicted octanol–water partition coefficient (Wildman–Crippen LogP) is 6.99. The maximum absolute atomic E-state index is 12.6. The number of thiazole rings is 1. The molecule has 3 aromatic rings. The number of nitrogens with zero attached hydrogens (tertiary/aromatic N) is 2. The first-order chi connectivity index (χ1) is 16.4. The standard InChI is InChI=1S/C26H23F3N2O2S/c27-26(28,29)21-13-11-19(12-14-21)7-2-3-10-24(32)33-22-9-6-8-20(17-22)23-18-34-25(30-23)31-15-4-1-5-16-31/h2-3,6-14,17-18H,1,4-5,15-16H2. The lowest BCUT2D eigenvalue weighted by Gasteiger charge is -2.25. The Balaban J connectivity index is 1.34. The van der Waals surface area contributed by atoms with Crippen LogP contribution in [0.4, 0.5) is 18.3 Å². The Hall–Kier alpha value is -3.39. The van der Waals surface area contributed by atoms with Crippen molar-refractivity contribution in [2.24, 2.45) is 0 Å². The molecule has 0 bridgehead atoms. The molecule has 34 heavy (non-hydrogen) atoms. The van der Waals surface area contributed by atoms with Crippen LogP contribution in [0.3, 0.4) is 0 Å². The van der Waals surface area contributed by atoms with E-state index in [-0.39, 0.29) is 0 Å². The number of ether oxygens (including phenoxy) is 1. The smallest absolute Gasteiger partial charge is 0.416 e. The van der Waals surface area contributed by atoms with Crippen LogP contribution in [0.2, 0.25) is 0 Å². The summed E-state index contributed by atoms with van der Waals surface area (Å²) in [5.74, 6) is -0.145. The van der Waals surface area contributed by atoms with Crippen LogP contribution in [-0.4, -0.2) is 24.0 Å². The molecule has 0 saturated carbocycles. The number of carbonyl (C=O) groups excluding carboxylic acids is 1. The van der Waals surface area contributed by atoms with Crippen LogP contribution in [-0.2, 0) is 11.0 Å². The van der Waals surface area contributed by atoms with Crippen LogP contribution >= 0.6 is 11.3 Å². The fourth-order valence-corrected chi connectivity index (χ4v) is 4.47. The van der Waals surface area contributed by atoms with Crippen molar-refractivity contribution in [3.05, 3.63) is 83.3 Å². The molecule has 0 unspecified atom stereocenters. The molecule has 2 aromatic carbocycles. The molecule has 0 radical (unpaired) electrons. The SMILES string of the molecule is O=C(C=CC=Cc1ccc(C(F)(F)F)cc1)Oc1cccc(-c2csc(N3CCCCC3)n2)c1. The first-order valence-electron chi connectivity index (χ1n) is 10.9. The number of alkyl halides is 3. The predicted molar refractivity (Wildman–Crippen MR) is 129 cm³/mol. The number of piperidine rings is 1. The van der Waals surface area contributed by atoms with E-state index in [4.69, 9.17) is 9.72 Å². The summed E-state index contributed by atoms with van der Waals surface area (Å²) in [5, 5.41) is 3.02. The highest BCUT2D eigenvalue weighted by Crippen LogP contribution is 2.31. The van der Waals surface area contributed by atoms with E-state index in [0.717, 1.165) is 41.6 Å². The van der Waals surface area contributed by atoms with E-state index in [0.29, 0.717) is 11.3 Å². The Labute approximate surface area is 200 Å². The molecule has 0 amide bonds. The van der Waals surface area contributed by atoms with Gasteiger partial charge in [-0.05, 0) is 49.1 Å². The molecule has 176 valence electrons. The maximum atomic E-state index is 12.6. The van der Waals surface area contributed by atoms with Gasteiger partial charge in [-0.3, -0.25) is 0 Å². The topological polar surface area (TPSA) is 42.4 Å². The van der Waals surface area contributed by atoms with Gasteiger partial charge in [0.1, 0.15) is 5.75 Å². The van der Waals surface area contributed by atoms with Gasteiger partial charge in [0.15, 0.2) is 5.13 Å². The number of halogens is 3. The van der Waals surface area contributed by atoms with Gasteiger partial charge in [-0.2, -0.15) is 13.2 Å². The Kier molecular flexibility index (Phi) is 7.47. The molecule has 0 N–H and O–H groups in total. The molecule has 0 spiro atoms. The molecule has 4 nitrogen and oxygen atoms in total. The largest absolute Gasteiger partial charge is 0.423 e. The van der Waals surface area contributed by atoms with Gasteiger partial charge in [-0.25, -0.2) is 9.78 Å². The quantitative estimate of drug-likeness (QED) is 0.164. The van der Waals surface area contributed by atoms with Gasteiger partial charge in [0.05, 0.1) is 11.3 Å². The van der Waals surface area contributed by atoms with E-state index in [1.807, 2.05) is 17.5 Å². The van der Waals surface area contributed by atoms with Crippen molar-refractivity contribution in [1.82, 2.24) is 4.98 Å². The molecule has 8 heteroatoms.